The van der Waals surface area contributed by atoms with Crippen LogP contribution in [0.15, 0.2) is 42.5 Å². The second-order valence-electron chi connectivity index (χ2n) is 4.18. The predicted molar refractivity (Wildman–Crippen MR) is 90.0 cm³/mol. The molecule has 104 valence electrons. The largest absolute Gasteiger partial charge is 0.481 e. The smallest absolute Gasteiger partial charge is 0.204 e. The van der Waals surface area contributed by atoms with Crippen molar-refractivity contribution in [3.63, 3.8) is 0 Å². The highest BCUT2D eigenvalue weighted by molar-refractivity contribution is 14.1. The van der Waals surface area contributed by atoms with Gasteiger partial charge < -0.3 is 4.74 Å². The van der Waals surface area contributed by atoms with Crippen LogP contribution in [0.2, 0.25) is 10.0 Å². The lowest BCUT2D eigenvalue weighted by atomic mass is 10.1. The number of benzene rings is 2. The number of halogens is 3. The van der Waals surface area contributed by atoms with Gasteiger partial charge in [-0.1, -0.05) is 35.3 Å². The topological polar surface area (TPSA) is 26.3 Å². The normalized spacial score (nSPS) is 12.0. The van der Waals surface area contributed by atoms with E-state index in [9.17, 15) is 4.79 Å². The quantitative estimate of drug-likeness (QED) is 0.498. The Hall–Kier alpha value is -0.780. The van der Waals surface area contributed by atoms with Gasteiger partial charge in [-0.15, -0.1) is 0 Å². The number of carbonyl (C=O) groups is 1. The van der Waals surface area contributed by atoms with Gasteiger partial charge in [0.1, 0.15) is 5.75 Å². The molecule has 0 aliphatic heterocycles. The summed E-state index contributed by atoms with van der Waals surface area (Å²) in [6, 6.07) is 12.3. The molecule has 1 unspecified atom stereocenters. The van der Waals surface area contributed by atoms with Gasteiger partial charge in [0, 0.05) is 10.6 Å². The summed E-state index contributed by atoms with van der Waals surface area (Å²) in [6.07, 6.45) is -0.621. The first-order chi connectivity index (χ1) is 9.49. The van der Waals surface area contributed by atoms with Gasteiger partial charge in [-0.3, -0.25) is 4.79 Å². The summed E-state index contributed by atoms with van der Waals surface area (Å²) >= 11 is 14.0. The molecule has 0 aliphatic carbocycles. The summed E-state index contributed by atoms with van der Waals surface area (Å²) in [4.78, 5) is 12.3. The summed E-state index contributed by atoms with van der Waals surface area (Å²) < 4.78 is 6.65. The van der Waals surface area contributed by atoms with Crippen LogP contribution in [-0.2, 0) is 0 Å². The number of para-hydroxylation sites is 1. The molecule has 0 N–H and O–H groups in total. The van der Waals surface area contributed by atoms with Crippen molar-refractivity contribution in [3.8, 4) is 5.75 Å². The average Bonchev–Trinajstić information content (AvgIpc) is 2.40. The van der Waals surface area contributed by atoms with Crippen molar-refractivity contribution in [1.82, 2.24) is 0 Å². The lowest BCUT2D eigenvalue weighted by molar-refractivity contribution is 0.0817. The molecule has 2 nitrogen and oxygen atoms in total. The van der Waals surface area contributed by atoms with E-state index in [0.717, 1.165) is 3.57 Å². The van der Waals surface area contributed by atoms with E-state index in [0.29, 0.717) is 21.4 Å². The summed E-state index contributed by atoms with van der Waals surface area (Å²) in [5.74, 6) is 0.505. The van der Waals surface area contributed by atoms with Crippen molar-refractivity contribution in [2.45, 2.75) is 13.0 Å². The molecular formula is C15H11Cl2IO2. The molecule has 1 atom stereocenters. The molecule has 0 spiro atoms. The molecule has 0 heterocycles. The van der Waals surface area contributed by atoms with Crippen molar-refractivity contribution >= 4 is 51.6 Å². The molecule has 20 heavy (non-hydrogen) atoms. The molecule has 5 heteroatoms. The van der Waals surface area contributed by atoms with Gasteiger partial charge in [0.05, 0.1) is 8.59 Å². The van der Waals surface area contributed by atoms with Crippen LogP contribution in [0, 0.1) is 3.57 Å². The zero-order chi connectivity index (χ0) is 14.7. The van der Waals surface area contributed by atoms with E-state index < -0.39 is 6.10 Å². The molecule has 2 aromatic rings. The zero-order valence-corrected chi connectivity index (χ0v) is 14.2. The van der Waals surface area contributed by atoms with Crippen molar-refractivity contribution in [2.75, 3.05) is 0 Å². The maximum Gasteiger partial charge on any atom is 0.204 e. The van der Waals surface area contributed by atoms with Gasteiger partial charge in [0.25, 0.3) is 0 Å². The number of hydrogen-bond donors (Lipinski definition) is 0. The molecule has 0 aliphatic rings. The molecule has 0 aromatic heterocycles. The third-order valence-corrected chi connectivity index (χ3v) is 4.15. The maximum atomic E-state index is 12.3. The van der Waals surface area contributed by atoms with Crippen LogP contribution in [0.4, 0.5) is 0 Å². The highest BCUT2D eigenvalue weighted by atomic mass is 127. The van der Waals surface area contributed by atoms with Gasteiger partial charge in [0.2, 0.25) is 5.78 Å². The van der Waals surface area contributed by atoms with Gasteiger partial charge in [-0.2, -0.15) is 0 Å². The predicted octanol–water partition coefficient (Wildman–Crippen LogP) is 5.25. The third kappa shape index (κ3) is 3.65. The number of hydrogen-bond acceptors (Lipinski definition) is 2. The van der Waals surface area contributed by atoms with Crippen molar-refractivity contribution in [3.05, 3.63) is 61.6 Å². The summed E-state index contributed by atoms with van der Waals surface area (Å²) in [5.41, 5.74) is 0.412. The SMILES string of the molecule is CC(Oc1ccccc1I)C(=O)c1ccc(Cl)cc1Cl. The lowest BCUT2D eigenvalue weighted by Gasteiger charge is -2.15. The molecule has 0 saturated carbocycles. The minimum Gasteiger partial charge on any atom is -0.481 e. The Kier molecular flexibility index (Phi) is 5.29. The van der Waals surface area contributed by atoms with E-state index in [1.165, 1.54) is 0 Å². The number of carbonyl (C=O) groups excluding carboxylic acids is 1. The average molecular weight is 421 g/mol. The van der Waals surface area contributed by atoms with Crippen LogP contribution in [0.3, 0.4) is 0 Å². The molecule has 0 bridgehead atoms. The van der Waals surface area contributed by atoms with E-state index in [1.807, 2.05) is 24.3 Å². The first-order valence-corrected chi connectivity index (χ1v) is 7.73. The van der Waals surface area contributed by atoms with Gasteiger partial charge in [0.15, 0.2) is 6.10 Å². The summed E-state index contributed by atoms with van der Waals surface area (Å²) in [7, 11) is 0. The first-order valence-electron chi connectivity index (χ1n) is 5.89. The van der Waals surface area contributed by atoms with Crippen LogP contribution in [0.1, 0.15) is 17.3 Å². The standard InChI is InChI=1S/C15H11Cl2IO2/c1-9(20-14-5-3-2-4-13(14)18)15(19)11-7-6-10(16)8-12(11)17/h2-9H,1H3. The van der Waals surface area contributed by atoms with E-state index in [4.69, 9.17) is 27.9 Å². The van der Waals surface area contributed by atoms with Gasteiger partial charge >= 0.3 is 0 Å². The molecular weight excluding hydrogens is 410 g/mol. The minimum absolute atomic E-state index is 0.175. The molecule has 0 amide bonds. The van der Waals surface area contributed by atoms with Gasteiger partial charge in [-0.25, -0.2) is 0 Å². The fourth-order valence-corrected chi connectivity index (χ4v) is 2.71. The van der Waals surface area contributed by atoms with Crippen molar-refractivity contribution in [2.24, 2.45) is 0 Å². The maximum absolute atomic E-state index is 12.3. The van der Waals surface area contributed by atoms with Crippen LogP contribution >= 0.6 is 45.8 Å². The molecule has 0 saturated heterocycles. The fraction of sp³-hybridized carbons (Fsp3) is 0.133. The summed E-state index contributed by atoms with van der Waals surface area (Å²) in [5, 5.41) is 0.832. The van der Waals surface area contributed by atoms with Crippen LogP contribution in [-0.4, -0.2) is 11.9 Å². The molecule has 0 radical (unpaired) electrons. The van der Waals surface area contributed by atoms with Crippen LogP contribution in [0.5, 0.6) is 5.75 Å². The first kappa shape index (κ1) is 15.6. The lowest BCUT2D eigenvalue weighted by Crippen LogP contribution is -2.24. The highest BCUT2D eigenvalue weighted by Crippen LogP contribution is 2.25. The van der Waals surface area contributed by atoms with Crippen molar-refractivity contribution < 1.29 is 9.53 Å². The second kappa shape index (κ2) is 6.78. The number of ketones is 1. The molecule has 2 rings (SSSR count). The molecule has 0 fully saturated rings. The Morgan fingerprint density at radius 2 is 1.90 bits per heavy atom. The fourth-order valence-electron chi connectivity index (χ4n) is 1.69. The van der Waals surface area contributed by atoms with Crippen LogP contribution in [0.25, 0.3) is 0 Å². The van der Waals surface area contributed by atoms with E-state index >= 15 is 0 Å². The zero-order valence-electron chi connectivity index (χ0n) is 10.6. The second-order valence-corrected chi connectivity index (χ2v) is 6.18. The Morgan fingerprint density at radius 1 is 1.20 bits per heavy atom. The number of Topliss-reactive ketones (excluding diaryl/α,β-unsaturated/α-hetero) is 1. The van der Waals surface area contributed by atoms with E-state index in [1.54, 1.807) is 25.1 Å². The van der Waals surface area contributed by atoms with Crippen molar-refractivity contribution in [1.29, 1.82) is 0 Å². The van der Waals surface area contributed by atoms with E-state index in [2.05, 4.69) is 22.6 Å². The molecule has 2 aromatic carbocycles. The summed E-state index contributed by atoms with van der Waals surface area (Å²) in [6.45, 7) is 1.70. The Bertz CT molecular complexity index is 644. The van der Waals surface area contributed by atoms with Crippen LogP contribution < -0.4 is 4.74 Å². The Morgan fingerprint density at radius 3 is 2.55 bits per heavy atom. The number of ether oxygens (including phenoxy) is 1. The monoisotopic (exact) mass is 420 g/mol. The minimum atomic E-state index is -0.621. The van der Waals surface area contributed by atoms with Gasteiger partial charge in [-0.05, 0) is 59.8 Å². The Labute approximate surface area is 141 Å². The highest BCUT2D eigenvalue weighted by Gasteiger charge is 2.20. The van der Waals surface area contributed by atoms with E-state index in [-0.39, 0.29) is 5.78 Å². The third-order valence-electron chi connectivity index (χ3n) is 2.71. The Balaban J connectivity index is 2.19. The number of rotatable bonds is 4.